The summed E-state index contributed by atoms with van der Waals surface area (Å²) in [6.07, 6.45) is 0.138. The van der Waals surface area contributed by atoms with Gasteiger partial charge in [-0.15, -0.1) is 0 Å². The van der Waals surface area contributed by atoms with Crippen molar-refractivity contribution in [1.29, 1.82) is 0 Å². The molecule has 6 heteroatoms. The minimum Gasteiger partial charge on any atom is -0.460 e. The van der Waals surface area contributed by atoms with E-state index in [2.05, 4.69) is 13.2 Å². The molecule has 4 nitrogen and oxygen atoms in total. The lowest BCUT2D eigenvalue weighted by atomic mass is 10.1. The molecular weight excluding hydrogens is 534 g/mol. The molecule has 0 radical (unpaired) electrons. The number of benzene rings is 4. The van der Waals surface area contributed by atoms with Gasteiger partial charge < -0.3 is 19.7 Å². The predicted molar refractivity (Wildman–Crippen MR) is 170 cm³/mol. The van der Waals surface area contributed by atoms with E-state index in [9.17, 15) is 10.2 Å². The summed E-state index contributed by atoms with van der Waals surface area (Å²) < 4.78 is 12.2. The second-order valence-electron chi connectivity index (χ2n) is 9.69. The minimum atomic E-state index is -2.15. The molecule has 0 amide bonds. The largest absolute Gasteiger partial charge is 0.460 e. The fourth-order valence-electron chi connectivity index (χ4n) is 4.57. The predicted octanol–water partition coefficient (Wildman–Crippen LogP) is 5.73. The first kappa shape index (κ1) is 29.7. The fraction of sp³-hybridized carbons (Fsp3) is 0.176. The highest BCUT2D eigenvalue weighted by Gasteiger charge is 2.57. The zero-order chi connectivity index (χ0) is 28.6. The lowest BCUT2D eigenvalue weighted by molar-refractivity contribution is -0.344. The van der Waals surface area contributed by atoms with E-state index in [4.69, 9.17) is 9.47 Å². The molecule has 40 heavy (non-hydrogen) atoms. The molecule has 0 fully saturated rings. The summed E-state index contributed by atoms with van der Waals surface area (Å²) in [4.78, 5) is 0. The Balaban J connectivity index is 1.85. The second kappa shape index (κ2) is 13.4. The van der Waals surface area contributed by atoms with E-state index in [1.807, 2.05) is 121 Å². The van der Waals surface area contributed by atoms with Crippen LogP contribution >= 0.6 is 15.8 Å². The molecule has 0 heterocycles. The van der Waals surface area contributed by atoms with Gasteiger partial charge in [-0.1, -0.05) is 134 Å². The highest BCUT2D eigenvalue weighted by molar-refractivity contribution is 7.73. The van der Waals surface area contributed by atoms with Gasteiger partial charge in [0.2, 0.25) is 0 Å². The Hall–Kier alpha value is -3.26. The molecule has 2 N–H and O–H groups in total. The van der Waals surface area contributed by atoms with Crippen molar-refractivity contribution in [2.75, 3.05) is 12.3 Å². The van der Waals surface area contributed by atoms with Crippen molar-refractivity contribution in [3.63, 3.8) is 0 Å². The summed E-state index contributed by atoms with van der Waals surface area (Å²) in [5.74, 6) is -3.77. The lowest BCUT2D eigenvalue weighted by Crippen LogP contribution is -2.62. The summed E-state index contributed by atoms with van der Waals surface area (Å²) in [6, 6.07) is 40.0. The van der Waals surface area contributed by atoms with Crippen molar-refractivity contribution in [1.82, 2.24) is 0 Å². The van der Waals surface area contributed by atoms with Gasteiger partial charge in [-0.2, -0.15) is 0 Å². The zero-order valence-electron chi connectivity index (χ0n) is 23.0. The maximum Gasteiger partial charge on any atom is 0.278 e. The van der Waals surface area contributed by atoms with Crippen LogP contribution in [0, 0.1) is 0 Å². The van der Waals surface area contributed by atoms with Crippen LogP contribution in [-0.4, -0.2) is 34.1 Å². The van der Waals surface area contributed by atoms with Crippen molar-refractivity contribution >= 4 is 37.1 Å². The Kier molecular flexibility index (Phi) is 9.95. The number of rotatable bonds is 13. The third kappa shape index (κ3) is 7.27. The summed E-state index contributed by atoms with van der Waals surface area (Å²) >= 11 is 0. The Bertz CT molecular complexity index is 1190. The van der Waals surface area contributed by atoms with E-state index in [0.29, 0.717) is 0 Å². The van der Waals surface area contributed by atoms with Crippen LogP contribution in [0.3, 0.4) is 0 Å². The quantitative estimate of drug-likeness (QED) is 0.123. The smallest absolute Gasteiger partial charge is 0.278 e. The molecule has 4 aromatic rings. The van der Waals surface area contributed by atoms with Crippen LogP contribution in [0.1, 0.15) is 13.8 Å². The summed E-state index contributed by atoms with van der Waals surface area (Å²) in [5, 5.41) is 29.2. The topological polar surface area (TPSA) is 58.9 Å². The van der Waals surface area contributed by atoms with E-state index in [0.717, 1.165) is 21.2 Å². The average Bonchev–Trinajstić information content (AvgIpc) is 2.96. The van der Waals surface area contributed by atoms with Gasteiger partial charge in [0.25, 0.3) is 11.6 Å². The number of hydrogen-bond acceptors (Lipinski definition) is 4. The molecule has 0 spiro atoms. The molecule has 0 bridgehead atoms. The maximum atomic E-state index is 12.5. The van der Waals surface area contributed by atoms with Gasteiger partial charge >= 0.3 is 0 Å². The Morgan fingerprint density at radius 3 is 0.950 bits per heavy atom. The first-order chi connectivity index (χ1) is 19.2. The van der Waals surface area contributed by atoms with Gasteiger partial charge in [-0.3, -0.25) is 0 Å². The molecule has 0 saturated heterocycles. The second-order valence-corrected chi connectivity index (χ2v) is 14.1. The highest BCUT2D eigenvalue weighted by atomic mass is 31.1. The lowest BCUT2D eigenvalue weighted by Gasteiger charge is -2.45. The molecule has 4 aromatic carbocycles. The SMILES string of the molecule is C=C(C)O[C@@](O)(CP(c1ccccc1)c1ccccc1)[C@](O)(CP(c1ccccc1)c1ccccc1)OC(=C)C. The Morgan fingerprint density at radius 1 is 0.525 bits per heavy atom. The van der Waals surface area contributed by atoms with E-state index >= 15 is 0 Å². The molecule has 0 aliphatic carbocycles. The fourth-order valence-corrected chi connectivity index (χ4v) is 9.51. The van der Waals surface area contributed by atoms with Crippen LogP contribution in [0.25, 0.3) is 0 Å². The molecule has 0 aliphatic rings. The average molecular weight is 571 g/mol. The normalized spacial score (nSPS) is 14.2. The van der Waals surface area contributed by atoms with Crippen molar-refractivity contribution < 1.29 is 19.7 Å². The van der Waals surface area contributed by atoms with Gasteiger partial charge in [-0.05, 0) is 50.9 Å². The molecular formula is C34H36O4P2. The molecule has 206 valence electrons. The van der Waals surface area contributed by atoms with E-state index in [1.165, 1.54) is 0 Å². The molecule has 0 aliphatic heterocycles. The van der Waals surface area contributed by atoms with E-state index < -0.39 is 27.4 Å². The van der Waals surface area contributed by atoms with Gasteiger partial charge in [0.1, 0.15) is 0 Å². The number of ether oxygens (including phenoxy) is 2. The highest BCUT2D eigenvalue weighted by Crippen LogP contribution is 2.48. The maximum absolute atomic E-state index is 12.5. The first-order valence-corrected chi connectivity index (χ1v) is 16.2. The van der Waals surface area contributed by atoms with Gasteiger partial charge in [-0.25, -0.2) is 0 Å². The van der Waals surface area contributed by atoms with Crippen molar-refractivity contribution in [2.24, 2.45) is 0 Å². The summed E-state index contributed by atoms with van der Waals surface area (Å²) in [7, 11) is -2.34. The third-order valence-electron chi connectivity index (χ3n) is 6.31. The Morgan fingerprint density at radius 2 is 0.750 bits per heavy atom. The van der Waals surface area contributed by atoms with Crippen LogP contribution in [-0.2, 0) is 9.47 Å². The number of allylic oxidation sites excluding steroid dienone is 2. The van der Waals surface area contributed by atoms with Crippen LogP contribution in [0.2, 0.25) is 0 Å². The molecule has 2 atom stereocenters. The molecule has 0 aromatic heterocycles. The van der Waals surface area contributed by atoms with E-state index in [1.54, 1.807) is 13.8 Å². The molecule has 0 unspecified atom stereocenters. The monoisotopic (exact) mass is 570 g/mol. The van der Waals surface area contributed by atoms with Crippen LogP contribution in [0.5, 0.6) is 0 Å². The molecule has 0 saturated carbocycles. The number of hydrogen-bond donors (Lipinski definition) is 2. The minimum absolute atomic E-state index is 0.0692. The van der Waals surface area contributed by atoms with Crippen molar-refractivity contribution in [3.05, 3.63) is 146 Å². The van der Waals surface area contributed by atoms with Gasteiger partial charge in [0.15, 0.2) is 0 Å². The van der Waals surface area contributed by atoms with E-state index in [-0.39, 0.29) is 23.8 Å². The standard InChI is InChI=1S/C34H36O4P2/c1-27(2)37-33(35,25-39(29-17-9-5-10-18-29)30-19-11-6-12-20-30)34(36,38-28(3)4)26-40(31-21-13-7-14-22-31)32-23-15-8-16-24-32/h5-24,35-36H,1,3,25-26H2,2,4H3/t33-,34-/m0/s1. The van der Waals surface area contributed by atoms with Crippen molar-refractivity contribution in [2.45, 2.75) is 25.4 Å². The van der Waals surface area contributed by atoms with Crippen LogP contribution < -0.4 is 21.2 Å². The van der Waals surface area contributed by atoms with Crippen LogP contribution in [0.15, 0.2) is 146 Å². The van der Waals surface area contributed by atoms with Crippen LogP contribution in [0.4, 0.5) is 0 Å². The van der Waals surface area contributed by atoms with Crippen molar-refractivity contribution in [3.8, 4) is 0 Å². The molecule has 4 rings (SSSR count). The summed E-state index contributed by atoms with van der Waals surface area (Å²) in [5.41, 5.74) is 0. The zero-order valence-corrected chi connectivity index (χ0v) is 24.8. The summed E-state index contributed by atoms with van der Waals surface area (Å²) in [6.45, 7) is 11.2. The van der Waals surface area contributed by atoms with Gasteiger partial charge in [0.05, 0.1) is 11.5 Å². The number of aliphatic hydroxyl groups is 2. The third-order valence-corrected chi connectivity index (χ3v) is 11.5. The Labute approximate surface area is 240 Å². The van der Waals surface area contributed by atoms with Gasteiger partial charge in [0, 0.05) is 12.3 Å². The first-order valence-electron chi connectivity index (χ1n) is 13.1.